The Balaban J connectivity index is 0.00000363. The van der Waals surface area contributed by atoms with E-state index >= 15 is 0 Å². The van der Waals surface area contributed by atoms with E-state index in [1.54, 1.807) is 24.0 Å². The number of alkyl halides is 3. The second-order valence-electron chi connectivity index (χ2n) is 6.63. The van der Waals surface area contributed by atoms with Gasteiger partial charge in [-0.15, -0.1) is 24.0 Å². The van der Waals surface area contributed by atoms with Crippen molar-refractivity contribution in [2.45, 2.75) is 19.1 Å². The minimum absolute atomic E-state index is 0. The van der Waals surface area contributed by atoms with Crippen molar-refractivity contribution in [3.05, 3.63) is 72.2 Å². The monoisotopic (exact) mass is 560 g/mol. The highest BCUT2D eigenvalue weighted by molar-refractivity contribution is 14.0. The number of aliphatic imine (C=N–C) groups is 1. The minimum atomic E-state index is -4.39. The Hall–Kier alpha value is -2.83. The molecular formula is C21H24F3IN6O. The second-order valence-corrected chi connectivity index (χ2v) is 6.63. The Labute approximate surface area is 201 Å². The van der Waals surface area contributed by atoms with Gasteiger partial charge in [0.1, 0.15) is 0 Å². The zero-order valence-corrected chi connectivity index (χ0v) is 19.7. The van der Waals surface area contributed by atoms with Crippen molar-refractivity contribution in [1.29, 1.82) is 0 Å². The lowest BCUT2D eigenvalue weighted by Crippen LogP contribution is -2.37. The van der Waals surface area contributed by atoms with Crippen molar-refractivity contribution in [3.63, 3.8) is 0 Å². The van der Waals surface area contributed by atoms with Gasteiger partial charge in [-0.1, -0.05) is 18.2 Å². The van der Waals surface area contributed by atoms with Crippen molar-refractivity contribution < 1.29 is 17.9 Å². The molecule has 2 N–H and O–H groups in total. The van der Waals surface area contributed by atoms with Crippen molar-refractivity contribution >= 4 is 29.9 Å². The highest BCUT2D eigenvalue weighted by Crippen LogP contribution is 2.17. The molecular weight excluding hydrogens is 536 g/mol. The van der Waals surface area contributed by atoms with E-state index in [-0.39, 0.29) is 29.9 Å². The fourth-order valence-electron chi connectivity index (χ4n) is 2.73. The summed E-state index contributed by atoms with van der Waals surface area (Å²) in [6, 6.07) is 13.1. The number of hydrogen-bond donors (Lipinski definition) is 2. The van der Waals surface area contributed by atoms with Gasteiger partial charge >= 0.3 is 6.18 Å². The van der Waals surface area contributed by atoms with Crippen LogP contribution >= 0.6 is 24.0 Å². The van der Waals surface area contributed by atoms with Crippen LogP contribution in [0.15, 0.2) is 66.0 Å². The van der Waals surface area contributed by atoms with Crippen LogP contribution in [0.5, 0.6) is 5.88 Å². The zero-order chi connectivity index (χ0) is 22.1. The lowest BCUT2D eigenvalue weighted by atomic mass is 10.1. The molecule has 0 aliphatic rings. The quantitative estimate of drug-likeness (QED) is 0.250. The average molecular weight is 560 g/mol. The van der Waals surface area contributed by atoms with Crippen molar-refractivity contribution in [3.8, 4) is 11.6 Å². The summed E-state index contributed by atoms with van der Waals surface area (Å²) in [5, 5.41) is 10.6. The number of nitrogens with zero attached hydrogens (tertiary/aromatic N) is 4. The molecule has 32 heavy (non-hydrogen) atoms. The normalized spacial score (nSPS) is 11.6. The Kier molecular flexibility index (Phi) is 9.75. The van der Waals surface area contributed by atoms with E-state index in [0.29, 0.717) is 19.0 Å². The first-order valence-corrected chi connectivity index (χ1v) is 9.61. The van der Waals surface area contributed by atoms with Gasteiger partial charge in [0.2, 0.25) is 5.88 Å². The molecule has 172 valence electrons. The van der Waals surface area contributed by atoms with Crippen LogP contribution in [0.25, 0.3) is 5.69 Å². The number of ether oxygens (including phenoxy) is 1. The molecule has 0 amide bonds. The highest BCUT2D eigenvalue weighted by atomic mass is 127. The third-order valence-electron chi connectivity index (χ3n) is 4.28. The Morgan fingerprint density at radius 1 is 1.09 bits per heavy atom. The molecule has 0 aliphatic carbocycles. The first-order valence-electron chi connectivity index (χ1n) is 9.61. The van der Waals surface area contributed by atoms with Crippen LogP contribution in [0.2, 0.25) is 0 Å². The van der Waals surface area contributed by atoms with Crippen LogP contribution in [0.4, 0.5) is 13.2 Å². The average Bonchev–Trinajstić information content (AvgIpc) is 3.30. The Bertz CT molecular complexity index is 961. The molecule has 11 heteroatoms. The Morgan fingerprint density at radius 2 is 1.84 bits per heavy atom. The fraction of sp³-hybridized carbons (Fsp3) is 0.286. The van der Waals surface area contributed by atoms with Gasteiger partial charge in [-0.25, -0.2) is 9.67 Å². The van der Waals surface area contributed by atoms with Gasteiger partial charge in [-0.2, -0.15) is 18.3 Å². The topological polar surface area (TPSA) is 76.4 Å². The number of aromatic nitrogens is 3. The van der Waals surface area contributed by atoms with Crippen LogP contribution in [0.3, 0.4) is 0 Å². The largest absolute Gasteiger partial charge is 0.468 e. The smallest absolute Gasteiger partial charge is 0.422 e. The zero-order valence-electron chi connectivity index (χ0n) is 17.3. The third-order valence-corrected chi connectivity index (χ3v) is 4.28. The molecule has 0 bridgehead atoms. The SMILES string of the molecule is CN=C(NCCc1ccc(-n2cccn2)cc1)NCc1ccc(OCC(F)(F)F)nc1.I. The van der Waals surface area contributed by atoms with Crippen molar-refractivity contribution in [2.24, 2.45) is 4.99 Å². The molecule has 0 aliphatic heterocycles. The van der Waals surface area contributed by atoms with Gasteiger partial charge < -0.3 is 15.4 Å². The lowest BCUT2D eigenvalue weighted by Gasteiger charge is -2.12. The fourth-order valence-corrected chi connectivity index (χ4v) is 2.73. The number of hydrogen-bond acceptors (Lipinski definition) is 4. The molecule has 0 saturated carbocycles. The number of halogens is 4. The van der Waals surface area contributed by atoms with E-state index in [1.165, 1.54) is 17.8 Å². The van der Waals surface area contributed by atoms with E-state index in [1.807, 2.05) is 24.4 Å². The molecule has 3 rings (SSSR count). The Morgan fingerprint density at radius 3 is 2.44 bits per heavy atom. The molecule has 3 aromatic rings. The van der Waals surface area contributed by atoms with Crippen LogP contribution in [-0.2, 0) is 13.0 Å². The van der Waals surface area contributed by atoms with Crippen LogP contribution in [0, 0.1) is 0 Å². The van der Waals surface area contributed by atoms with Gasteiger partial charge in [-0.3, -0.25) is 4.99 Å². The molecule has 0 fully saturated rings. The molecule has 7 nitrogen and oxygen atoms in total. The summed E-state index contributed by atoms with van der Waals surface area (Å²) in [5.41, 5.74) is 2.97. The second kappa shape index (κ2) is 12.3. The van der Waals surface area contributed by atoms with Gasteiger partial charge in [0.15, 0.2) is 12.6 Å². The molecule has 0 radical (unpaired) electrons. The van der Waals surface area contributed by atoms with E-state index < -0.39 is 12.8 Å². The van der Waals surface area contributed by atoms with E-state index in [0.717, 1.165) is 17.7 Å². The third kappa shape index (κ3) is 8.36. The summed E-state index contributed by atoms with van der Waals surface area (Å²) in [6.07, 6.45) is 1.52. The predicted octanol–water partition coefficient (Wildman–Crippen LogP) is 3.73. The van der Waals surface area contributed by atoms with Crippen LogP contribution < -0.4 is 15.4 Å². The maximum absolute atomic E-state index is 12.2. The molecule has 0 atom stereocenters. The standard InChI is InChI=1S/C21H23F3N6O.HI/c1-25-20(28-14-17-5-8-19(27-13-17)31-15-21(22,23)24)26-11-9-16-3-6-18(7-4-16)30-12-2-10-29-30;/h2-8,10,12-13H,9,11,14-15H2,1H3,(H2,25,26,28);1H. The number of rotatable bonds is 8. The number of nitrogens with one attached hydrogen (secondary N) is 2. The number of guanidine groups is 1. The van der Waals surface area contributed by atoms with Gasteiger partial charge in [0, 0.05) is 44.8 Å². The van der Waals surface area contributed by atoms with E-state index in [9.17, 15) is 13.2 Å². The highest BCUT2D eigenvalue weighted by Gasteiger charge is 2.28. The molecule has 2 heterocycles. The minimum Gasteiger partial charge on any atom is -0.468 e. The summed E-state index contributed by atoms with van der Waals surface area (Å²) < 4.78 is 42.9. The van der Waals surface area contributed by atoms with Gasteiger partial charge in [0.05, 0.1) is 5.69 Å². The summed E-state index contributed by atoms with van der Waals surface area (Å²) in [4.78, 5) is 8.05. The summed E-state index contributed by atoms with van der Waals surface area (Å²) in [6.45, 7) is -0.256. The van der Waals surface area contributed by atoms with Crippen LogP contribution in [-0.4, -0.2) is 47.1 Å². The summed E-state index contributed by atoms with van der Waals surface area (Å²) in [7, 11) is 1.67. The summed E-state index contributed by atoms with van der Waals surface area (Å²) in [5.74, 6) is 0.549. The van der Waals surface area contributed by atoms with Crippen LogP contribution in [0.1, 0.15) is 11.1 Å². The van der Waals surface area contributed by atoms with E-state index in [4.69, 9.17) is 0 Å². The lowest BCUT2D eigenvalue weighted by molar-refractivity contribution is -0.154. The maximum Gasteiger partial charge on any atom is 0.422 e. The number of benzene rings is 1. The predicted molar refractivity (Wildman–Crippen MR) is 127 cm³/mol. The van der Waals surface area contributed by atoms with Gasteiger partial charge in [-0.05, 0) is 35.7 Å². The first-order chi connectivity index (χ1) is 14.9. The first kappa shape index (κ1) is 25.4. The molecule has 0 spiro atoms. The van der Waals surface area contributed by atoms with E-state index in [2.05, 4.69) is 42.6 Å². The molecule has 2 aromatic heterocycles. The molecule has 1 aromatic carbocycles. The molecule has 0 unspecified atom stereocenters. The van der Waals surface area contributed by atoms with Gasteiger partial charge in [0.25, 0.3) is 0 Å². The summed E-state index contributed by atoms with van der Waals surface area (Å²) >= 11 is 0. The van der Waals surface area contributed by atoms with Crippen molar-refractivity contribution in [2.75, 3.05) is 20.2 Å². The maximum atomic E-state index is 12.2. The van der Waals surface area contributed by atoms with Crippen molar-refractivity contribution in [1.82, 2.24) is 25.4 Å². The number of pyridine rings is 1. The molecule has 0 saturated heterocycles.